The fourth-order valence-electron chi connectivity index (χ4n) is 2.01. The topological polar surface area (TPSA) is 72.7 Å². The molecule has 0 aliphatic carbocycles. The zero-order valence-corrected chi connectivity index (χ0v) is 12.7. The molecule has 0 aliphatic rings. The number of nitrogens with one attached hydrogen (secondary N) is 1. The molecule has 6 nitrogen and oxygen atoms in total. The predicted molar refractivity (Wildman–Crippen MR) is 84.0 cm³/mol. The van der Waals surface area contributed by atoms with Crippen molar-refractivity contribution < 1.29 is 0 Å². The quantitative estimate of drug-likeness (QED) is 0.795. The van der Waals surface area contributed by atoms with Crippen LogP contribution >= 0.6 is 23.2 Å². The van der Waals surface area contributed by atoms with Crippen molar-refractivity contribution in [2.75, 3.05) is 0 Å². The highest BCUT2D eigenvalue weighted by Crippen LogP contribution is 2.14. The van der Waals surface area contributed by atoms with Crippen LogP contribution in [0.1, 0.15) is 5.69 Å². The molecule has 22 heavy (non-hydrogen) atoms. The van der Waals surface area contributed by atoms with Gasteiger partial charge in [-0.3, -0.25) is 14.7 Å². The van der Waals surface area contributed by atoms with Crippen molar-refractivity contribution in [3.63, 3.8) is 0 Å². The van der Waals surface area contributed by atoms with Gasteiger partial charge >= 0.3 is 0 Å². The highest BCUT2D eigenvalue weighted by molar-refractivity contribution is 6.41. The molecule has 0 aliphatic heterocycles. The van der Waals surface area contributed by atoms with Crippen LogP contribution in [0.5, 0.6) is 0 Å². The van der Waals surface area contributed by atoms with Crippen molar-refractivity contribution >= 4 is 23.2 Å². The summed E-state index contributed by atoms with van der Waals surface area (Å²) < 4.78 is 2.52. The van der Waals surface area contributed by atoms with Crippen molar-refractivity contribution in [2.45, 2.75) is 6.54 Å². The molecule has 1 aromatic carbocycles. The molecule has 3 aromatic rings. The lowest BCUT2D eigenvalue weighted by molar-refractivity contribution is 0.621. The average molecular weight is 337 g/mol. The van der Waals surface area contributed by atoms with E-state index < -0.39 is 5.56 Å². The van der Waals surface area contributed by atoms with Gasteiger partial charge < -0.3 is 0 Å². The number of H-pyrrole nitrogens is 1. The van der Waals surface area contributed by atoms with E-state index in [9.17, 15) is 9.59 Å². The van der Waals surface area contributed by atoms with Gasteiger partial charge in [0.15, 0.2) is 0 Å². The lowest BCUT2D eigenvalue weighted by atomic mass is 10.3. The second-order valence-electron chi connectivity index (χ2n) is 4.56. The number of aromatic amines is 1. The van der Waals surface area contributed by atoms with Crippen molar-refractivity contribution in [3.05, 3.63) is 79.0 Å². The van der Waals surface area contributed by atoms with Crippen LogP contribution in [0.3, 0.4) is 0 Å². The number of rotatable bonds is 3. The smallest absolute Gasteiger partial charge is 0.287 e. The van der Waals surface area contributed by atoms with E-state index in [-0.39, 0.29) is 22.1 Å². The lowest BCUT2D eigenvalue weighted by Crippen LogP contribution is -2.24. The van der Waals surface area contributed by atoms with Crippen LogP contribution in [0.4, 0.5) is 0 Å². The summed E-state index contributed by atoms with van der Waals surface area (Å²) in [6.07, 6.45) is 1.29. The van der Waals surface area contributed by atoms with Gasteiger partial charge in [-0.1, -0.05) is 41.4 Å². The normalized spacial score (nSPS) is 10.8. The standard InChI is InChI=1S/C14H10Cl2N4O2/c15-11-7-17-19(14(22)13(11)16)8-9-6-12(21)20(18-9)10-4-2-1-3-5-10/h1-7,18H,8H2. The third-order valence-corrected chi connectivity index (χ3v) is 3.80. The molecule has 0 bridgehead atoms. The number of nitrogens with zero attached hydrogens (tertiary/aromatic N) is 3. The van der Waals surface area contributed by atoms with Gasteiger partial charge in [-0.05, 0) is 12.1 Å². The molecule has 3 rings (SSSR count). The molecule has 8 heteroatoms. The number of hydrogen-bond acceptors (Lipinski definition) is 3. The molecule has 0 fully saturated rings. The maximum atomic E-state index is 12.0. The Morgan fingerprint density at radius 2 is 1.86 bits per heavy atom. The Bertz CT molecular complexity index is 928. The van der Waals surface area contributed by atoms with Crippen LogP contribution in [0, 0.1) is 0 Å². The van der Waals surface area contributed by atoms with Gasteiger partial charge in [-0.15, -0.1) is 0 Å². The number of halogens is 2. The molecular formula is C14H10Cl2N4O2. The van der Waals surface area contributed by atoms with E-state index in [2.05, 4.69) is 10.2 Å². The number of benzene rings is 1. The molecule has 0 atom stereocenters. The minimum Gasteiger partial charge on any atom is -0.293 e. The highest BCUT2D eigenvalue weighted by Gasteiger charge is 2.10. The first-order chi connectivity index (χ1) is 10.6. The summed E-state index contributed by atoms with van der Waals surface area (Å²) in [4.78, 5) is 24.0. The maximum Gasteiger partial charge on any atom is 0.287 e. The summed E-state index contributed by atoms with van der Waals surface area (Å²) in [5.74, 6) is 0. The lowest BCUT2D eigenvalue weighted by Gasteiger charge is -2.04. The van der Waals surface area contributed by atoms with Gasteiger partial charge in [0.1, 0.15) is 5.02 Å². The Labute approximate surface area is 134 Å². The number of aromatic nitrogens is 4. The van der Waals surface area contributed by atoms with Crippen molar-refractivity contribution in [2.24, 2.45) is 0 Å². The molecule has 2 heterocycles. The first-order valence-electron chi connectivity index (χ1n) is 6.34. The van der Waals surface area contributed by atoms with E-state index in [0.717, 1.165) is 4.68 Å². The second kappa shape index (κ2) is 5.82. The van der Waals surface area contributed by atoms with Crippen LogP contribution in [0.2, 0.25) is 10.0 Å². The van der Waals surface area contributed by atoms with Gasteiger partial charge in [-0.25, -0.2) is 9.36 Å². The van der Waals surface area contributed by atoms with Crippen molar-refractivity contribution in [3.8, 4) is 5.69 Å². The summed E-state index contributed by atoms with van der Waals surface area (Å²) >= 11 is 11.5. The Balaban J connectivity index is 1.97. The second-order valence-corrected chi connectivity index (χ2v) is 5.35. The highest BCUT2D eigenvalue weighted by atomic mass is 35.5. The Hall–Kier alpha value is -2.31. The van der Waals surface area contributed by atoms with E-state index in [1.54, 1.807) is 12.1 Å². The van der Waals surface area contributed by atoms with E-state index >= 15 is 0 Å². The van der Waals surface area contributed by atoms with E-state index in [0.29, 0.717) is 11.4 Å². The predicted octanol–water partition coefficient (Wildman–Crippen LogP) is 2.08. The SMILES string of the molecule is O=c1c(Cl)c(Cl)cnn1Cc1cc(=O)n(-c2ccccc2)[nH]1. The molecule has 0 saturated carbocycles. The summed E-state index contributed by atoms with van der Waals surface area (Å²) in [6.45, 7) is 0.0881. The Kier molecular flexibility index (Phi) is 3.87. The Morgan fingerprint density at radius 3 is 2.59 bits per heavy atom. The average Bonchev–Trinajstić information content (AvgIpc) is 2.89. The van der Waals surface area contributed by atoms with E-state index in [4.69, 9.17) is 23.2 Å². The minimum atomic E-state index is -0.512. The van der Waals surface area contributed by atoms with Crippen molar-refractivity contribution in [1.82, 2.24) is 19.6 Å². The summed E-state index contributed by atoms with van der Waals surface area (Å²) in [6, 6.07) is 10.5. The summed E-state index contributed by atoms with van der Waals surface area (Å²) in [7, 11) is 0. The van der Waals surface area contributed by atoms with Gasteiger partial charge in [0.25, 0.3) is 11.1 Å². The third kappa shape index (κ3) is 2.70. The number of hydrogen-bond donors (Lipinski definition) is 1. The van der Waals surface area contributed by atoms with Gasteiger partial charge in [-0.2, -0.15) is 5.10 Å². The molecule has 2 aromatic heterocycles. The zero-order chi connectivity index (χ0) is 15.7. The van der Waals surface area contributed by atoms with Gasteiger partial charge in [0.05, 0.1) is 29.1 Å². The molecular weight excluding hydrogens is 327 g/mol. The third-order valence-electron chi connectivity index (χ3n) is 3.05. The number of para-hydroxylation sites is 1. The van der Waals surface area contributed by atoms with E-state index in [1.165, 1.54) is 16.9 Å². The molecule has 112 valence electrons. The largest absolute Gasteiger partial charge is 0.293 e. The fraction of sp³-hybridized carbons (Fsp3) is 0.0714. The monoisotopic (exact) mass is 336 g/mol. The summed E-state index contributed by atoms with van der Waals surface area (Å²) in [5, 5.41) is 6.84. The van der Waals surface area contributed by atoms with Gasteiger partial charge in [0, 0.05) is 6.07 Å². The summed E-state index contributed by atoms with van der Waals surface area (Å²) in [5.41, 5.74) is 0.492. The molecule has 0 spiro atoms. The Morgan fingerprint density at radius 1 is 1.14 bits per heavy atom. The molecule has 0 saturated heterocycles. The first kappa shape index (κ1) is 14.6. The van der Waals surface area contributed by atoms with E-state index in [1.807, 2.05) is 18.2 Å². The molecule has 0 unspecified atom stereocenters. The van der Waals surface area contributed by atoms with Crippen LogP contribution in [-0.2, 0) is 6.54 Å². The maximum absolute atomic E-state index is 12.0. The van der Waals surface area contributed by atoms with Crippen LogP contribution in [-0.4, -0.2) is 19.6 Å². The minimum absolute atomic E-state index is 0.0881. The first-order valence-corrected chi connectivity index (χ1v) is 7.09. The van der Waals surface area contributed by atoms with Gasteiger partial charge in [0.2, 0.25) is 0 Å². The molecule has 0 radical (unpaired) electrons. The van der Waals surface area contributed by atoms with Crippen LogP contribution in [0.25, 0.3) is 5.69 Å². The zero-order valence-electron chi connectivity index (χ0n) is 11.2. The van der Waals surface area contributed by atoms with Crippen LogP contribution < -0.4 is 11.1 Å². The van der Waals surface area contributed by atoms with Crippen molar-refractivity contribution in [1.29, 1.82) is 0 Å². The molecule has 0 amide bonds. The molecule has 1 N–H and O–H groups in total. The van der Waals surface area contributed by atoms with Crippen LogP contribution in [0.15, 0.2) is 52.2 Å². The fourth-order valence-corrected chi connectivity index (χ4v) is 2.28.